The number of aromatic nitrogens is 2. The Balaban J connectivity index is 1.99. The van der Waals surface area contributed by atoms with Crippen molar-refractivity contribution in [2.75, 3.05) is 19.4 Å². The van der Waals surface area contributed by atoms with Crippen LogP contribution in [-0.2, 0) is 16.1 Å². The van der Waals surface area contributed by atoms with E-state index >= 15 is 0 Å². The molecule has 7 nitrogen and oxygen atoms in total. The van der Waals surface area contributed by atoms with Gasteiger partial charge in [0.1, 0.15) is 18.1 Å². The molecule has 0 unspecified atom stereocenters. The summed E-state index contributed by atoms with van der Waals surface area (Å²) in [7, 11) is 3.31. The van der Waals surface area contributed by atoms with E-state index in [1.54, 1.807) is 34.1 Å². The number of ether oxygens (including phenoxy) is 1. The molecule has 0 atom stereocenters. The molecule has 0 aliphatic rings. The van der Waals surface area contributed by atoms with Crippen molar-refractivity contribution in [1.29, 1.82) is 0 Å². The van der Waals surface area contributed by atoms with Crippen LogP contribution in [0.3, 0.4) is 0 Å². The molecular formula is C17H21FN4O3. The monoisotopic (exact) mass is 348 g/mol. The molecule has 1 aromatic carbocycles. The van der Waals surface area contributed by atoms with Gasteiger partial charge in [-0.05, 0) is 38.1 Å². The Morgan fingerprint density at radius 1 is 1.28 bits per heavy atom. The number of nitrogens with one attached hydrogen (secondary N) is 1. The van der Waals surface area contributed by atoms with E-state index in [0.717, 1.165) is 0 Å². The number of hydrogen-bond donors (Lipinski definition) is 1. The van der Waals surface area contributed by atoms with Gasteiger partial charge in [-0.2, -0.15) is 5.10 Å². The van der Waals surface area contributed by atoms with Gasteiger partial charge in [-0.3, -0.25) is 14.3 Å². The molecule has 1 aromatic heterocycles. The minimum absolute atomic E-state index is 0.0817. The van der Waals surface area contributed by atoms with Crippen LogP contribution in [0.5, 0.6) is 5.75 Å². The van der Waals surface area contributed by atoms with E-state index in [-0.39, 0.29) is 18.3 Å². The predicted octanol–water partition coefficient (Wildman–Crippen LogP) is 1.91. The molecule has 2 amide bonds. The van der Waals surface area contributed by atoms with Crippen LogP contribution < -0.4 is 10.1 Å². The maximum Gasteiger partial charge on any atom is 0.268 e. The maximum absolute atomic E-state index is 12.9. The number of likely N-dealkylation sites (N-methyl/N-ethyl adjacent to an activating group) is 1. The second-order valence-electron chi connectivity index (χ2n) is 6.24. The van der Waals surface area contributed by atoms with Crippen LogP contribution in [-0.4, -0.2) is 46.2 Å². The second-order valence-corrected chi connectivity index (χ2v) is 6.24. The van der Waals surface area contributed by atoms with Crippen molar-refractivity contribution in [1.82, 2.24) is 14.7 Å². The van der Waals surface area contributed by atoms with Crippen LogP contribution in [0.15, 0.2) is 36.7 Å². The smallest absolute Gasteiger partial charge is 0.268 e. The van der Waals surface area contributed by atoms with Crippen molar-refractivity contribution in [2.45, 2.75) is 26.0 Å². The zero-order valence-corrected chi connectivity index (χ0v) is 14.6. The molecule has 0 saturated heterocycles. The summed E-state index contributed by atoms with van der Waals surface area (Å²) in [4.78, 5) is 25.5. The second kappa shape index (κ2) is 7.33. The Morgan fingerprint density at radius 3 is 2.52 bits per heavy atom. The number of anilines is 1. The number of carbonyl (C=O) groups excluding carboxylic acids is 2. The van der Waals surface area contributed by atoms with E-state index in [1.807, 2.05) is 0 Å². The molecular weight excluding hydrogens is 327 g/mol. The van der Waals surface area contributed by atoms with Gasteiger partial charge in [-0.1, -0.05) is 0 Å². The minimum Gasteiger partial charge on any atom is -0.478 e. The van der Waals surface area contributed by atoms with Crippen molar-refractivity contribution in [3.8, 4) is 5.75 Å². The fourth-order valence-corrected chi connectivity index (χ4v) is 1.92. The van der Waals surface area contributed by atoms with Crippen molar-refractivity contribution < 1.29 is 18.7 Å². The topological polar surface area (TPSA) is 76.5 Å². The molecule has 0 saturated carbocycles. The Labute approximate surface area is 145 Å². The van der Waals surface area contributed by atoms with Gasteiger partial charge in [-0.25, -0.2) is 4.39 Å². The number of rotatable bonds is 6. The van der Waals surface area contributed by atoms with E-state index in [1.165, 1.54) is 40.0 Å². The van der Waals surface area contributed by atoms with Crippen LogP contribution in [0.4, 0.5) is 10.1 Å². The molecule has 2 rings (SSSR count). The molecule has 0 bridgehead atoms. The van der Waals surface area contributed by atoms with Gasteiger partial charge >= 0.3 is 0 Å². The first kappa shape index (κ1) is 18.4. The maximum atomic E-state index is 12.9. The summed E-state index contributed by atoms with van der Waals surface area (Å²) in [6.07, 6.45) is 3.02. The van der Waals surface area contributed by atoms with Crippen LogP contribution >= 0.6 is 0 Å². The molecule has 8 heteroatoms. The molecule has 0 aliphatic carbocycles. The number of carbonyl (C=O) groups is 2. The molecule has 0 fully saturated rings. The number of benzene rings is 1. The molecule has 1 heterocycles. The highest BCUT2D eigenvalue weighted by Crippen LogP contribution is 2.20. The van der Waals surface area contributed by atoms with Gasteiger partial charge in [0.05, 0.1) is 11.9 Å². The van der Waals surface area contributed by atoms with Crippen molar-refractivity contribution in [2.24, 2.45) is 0 Å². The van der Waals surface area contributed by atoms with E-state index in [9.17, 15) is 14.0 Å². The third-order valence-electron chi connectivity index (χ3n) is 3.42. The zero-order valence-electron chi connectivity index (χ0n) is 14.6. The molecule has 25 heavy (non-hydrogen) atoms. The lowest BCUT2D eigenvalue weighted by Crippen LogP contribution is -2.42. The first-order valence-corrected chi connectivity index (χ1v) is 7.66. The van der Waals surface area contributed by atoms with Gasteiger partial charge in [0.2, 0.25) is 5.91 Å². The predicted molar refractivity (Wildman–Crippen MR) is 90.7 cm³/mol. The summed E-state index contributed by atoms with van der Waals surface area (Å²) < 4.78 is 20.0. The number of hydrogen-bond acceptors (Lipinski definition) is 4. The van der Waals surface area contributed by atoms with Crippen LogP contribution in [0.2, 0.25) is 0 Å². The summed E-state index contributed by atoms with van der Waals surface area (Å²) in [5.41, 5.74) is -0.730. The Morgan fingerprint density at radius 2 is 1.92 bits per heavy atom. The lowest BCUT2D eigenvalue weighted by molar-refractivity contribution is -0.129. The lowest BCUT2D eigenvalue weighted by atomic mass is 10.1. The minimum atomic E-state index is -1.18. The van der Waals surface area contributed by atoms with Crippen molar-refractivity contribution in [3.63, 3.8) is 0 Å². The summed E-state index contributed by atoms with van der Waals surface area (Å²) in [5, 5.41) is 6.73. The Bertz CT molecular complexity index is 754. The average molecular weight is 348 g/mol. The summed E-state index contributed by atoms with van der Waals surface area (Å²) in [5.74, 6) is -0.501. The van der Waals surface area contributed by atoms with Gasteiger partial charge in [0.25, 0.3) is 5.91 Å². The first-order valence-electron chi connectivity index (χ1n) is 7.66. The van der Waals surface area contributed by atoms with E-state index in [0.29, 0.717) is 11.4 Å². The zero-order chi connectivity index (χ0) is 18.6. The fourth-order valence-electron chi connectivity index (χ4n) is 1.92. The number of nitrogens with zero attached hydrogens (tertiary/aromatic N) is 3. The Kier molecular flexibility index (Phi) is 5.41. The standard InChI is InChI=1S/C17H21FN4O3/c1-17(2,25-14-7-5-12(18)6-8-14)16(24)20-13-9-19-22(10-13)11-15(23)21(3)4/h5-10H,11H2,1-4H3,(H,20,24). The average Bonchev–Trinajstić information content (AvgIpc) is 2.96. The first-order chi connectivity index (χ1) is 11.7. The summed E-state index contributed by atoms with van der Waals surface area (Å²) in [6, 6.07) is 5.43. The highest BCUT2D eigenvalue weighted by Gasteiger charge is 2.30. The third kappa shape index (κ3) is 5.03. The summed E-state index contributed by atoms with van der Waals surface area (Å²) in [6.45, 7) is 3.29. The SMILES string of the molecule is CN(C)C(=O)Cn1cc(NC(=O)C(C)(C)Oc2ccc(F)cc2)cn1. The molecule has 134 valence electrons. The van der Waals surface area contributed by atoms with Crippen LogP contribution in [0.1, 0.15) is 13.8 Å². The normalized spacial score (nSPS) is 11.1. The van der Waals surface area contributed by atoms with E-state index in [2.05, 4.69) is 10.4 Å². The van der Waals surface area contributed by atoms with Gasteiger partial charge < -0.3 is 15.0 Å². The van der Waals surface area contributed by atoms with Crippen LogP contribution in [0.25, 0.3) is 0 Å². The van der Waals surface area contributed by atoms with Crippen molar-refractivity contribution >= 4 is 17.5 Å². The highest BCUT2D eigenvalue weighted by atomic mass is 19.1. The quantitative estimate of drug-likeness (QED) is 0.865. The fraction of sp³-hybridized carbons (Fsp3) is 0.353. The van der Waals surface area contributed by atoms with Gasteiger partial charge in [-0.15, -0.1) is 0 Å². The van der Waals surface area contributed by atoms with Crippen LogP contribution in [0, 0.1) is 5.82 Å². The molecule has 0 aliphatic heterocycles. The molecule has 0 spiro atoms. The third-order valence-corrected chi connectivity index (χ3v) is 3.42. The van der Waals surface area contributed by atoms with E-state index in [4.69, 9.17) is 4.74 Å². The van der Waals surface area contributed by atoms with Gasteiger partial charge in [0, 0.05) is 20.3 Å². The lowest BCUT2D eigenvalue weighted by Gasteiger charge is -2.25. The molecule has 1 N–H and O–H groups in total. The molecule has 0 radical (unpaired) electrons. The number of halogens is 1. The summed E-state index contributed by atoms with van der Waals surface area (Å²) >= 11 is 0. The molecule has 2 aromatic rings. The Hall–Kier alpha value is -2.90. The van der Waals surface area contributed by atoms with Crippen molar-refractivity contribution in [3.05, 3.63) is 42.5 Å². The highest BCUT2D eigenvalue weighted by molar-refractivity contribution is 5.96. The largest absolute Gasteiger partial charge is 0.478 e. The van der Waals surface area contributed by atoms with E-state index < -0.39 is 11.5 Å². The number of amides is 2. The van der Waals surface area contributed by atoms with Gasteiger partial charge in [0.15, 0.2) is 5.60 Å².